The van der Waals surface area contributed by atoms with Gasteiger partial charge >= 0.3 is 0 Å². The highest BCUT2D eigenvalue weighted by Gasteiger charge is 2.26. The van der Waals surface area contributed by atoms with Crippen LogP contribution in [0.2, 0.25) is 0 Å². The number of carbonyl (C=O) groups excluding carboxylic acids is 1. The van der Waals surface area contributed by atoms with Crippen LogP contribution >= 0.6 is 0 Å². The van der Waals surface area contributed by atoms with E-state index in [-0.39, 0.29) is 18.0 Å². The lowest BCUT2D eigenvalue weighted by Gasteiger charge is -2.36. The molecule has 104 valence electrons. The van der Waals surface area contributed by atoms with Gasteiger partial charge < -0.3 is 10.2 Å². The Hall–Kier alpha value is -1.51. The number of nitrogens with one attached hydrogen (secondary N) is 1. The maximum absolute atomic E-state index is 12.2. The molecule has 1 aromatic rings. The van der Waals surface area contributed by atoms with Crippen molar-refractivity contribution in [2.45, 2.75) is 52.6 Å². The Morgan fingerprint density at radius 1 is 1.32 bits per heavy atom. The first kappa shape index (κ1) is 13.9. The lowest BCUT2D eigenvalue weighted by Crippen LogP contribution is -2.48. The second-order valence-corrected chi connectivity index (χ2v) is 5.77. The molecule has 1 aliphatic heterocycles. The molecule has 1 N–H and O–H groups in total. The van der Waals surface area contributed by atoms with E-state index in [9.17, 15) is 4.79 Å². The van der Waals surface area contributed by atoms with Gasteiger partial charge in [0, 0.05) is 18.3 Å². The summed E-state index contributed by atoms with van der Waals surface area (Å²) in [5.74, 6) is 0.114. The van der Waals surface area contributed by atoms with Gasteiger partial charge in [0.2, 0.25) is 5.91 Å². The predicted octanol–water partition coefficient (Wildman–Crippen LogP) is 2.66. The van der Waals surface area contributed by atoms with E-state index in [1.165, 1.54) is 16.8 Å². The molecule has 0 saturated heterocycles. The van der Waals surface area contributed by atoms with Crippen LogP contribution in [0, 0.1) is 6.92 Å². The molecule has 3 nitrogen and oxygen atoms in total. The highest BCUT2D eigenvalue weighted by atomic mass is 16.2. The Labute approximate surface area is 116 Å². The SMILES string of the molecule is Cc1ccc2c(c1)CCCN2[C@H](C)C(=O)NC(C)C. The number of amides is 1. The van der Waals surface area contributed by atoms with Crippen molar-refractivity contribution in [2.24, 2.45) is 0 Å². The van der Waals surface area contributed by atoms with Crippen LogP contribution in [0.15, 0.2) is 18.2 Å². The Bertz CT molecular complexity index is 468. The number of hydrogen-bond donors (Lipinski definition) is 1. The summed E-state index contributed by atoms with van der Waals surface area (Å²) in [6.45, 7) is 9.07. The van der Waals surface area contributed by atoms with Gasteiger partial charge in [-0.1, -0.05) is 17.7 Å². The van der Waals surface area contributed by atoms with Crippen molar-refractivity contribution in [3.63, 3.8) is 0 Å². The van der Waals surface area contributed by atoms with Crippen molar-refractivity contribution >= 4 is 11.6 Å². The van der Waals surface area contributed by atoms with E-state index in [1.807, 2.05) is 20.8 Å². The molecule has 0 fully saturated rings. The largest absolute Gasteiger partial charge is 0.360 e. The van der Waals surface area contributed by atoms with Gasteiger partial charge in [0.1, 0.15) is 6.04 Å². The lowest BCUT2D eigenvalue weighted by molar-refractivity contribution is -0.122. The first-order valence-corrected chi connectivity index (χ1v) is 7.15. The summed E-state index contributed by atoms with van der Waals surface area (Å²) in [6.07, 6.45) is 2.24. The number of nitrogens with zero attached hydrogens (tertiary/aromatic N) is 1. The molecule has 19 heavy (non-hydrogen) atoms. The molecule has 1 amide bonds. The van der Waals surface area contributed by atoms with E-state index < -0.39 is 0 Å². The van der Waals surface area contributed by atoms with Crippen LogP contribution in [0.5, 0.6) is 0 Å². The Morgan fingerprint density at radius 2 is 2.05 bits per heavy atom. The van der Waals surface area contributed by atoms with Gasteiger partial charge in [-0.2, -0.15) is 0 Å². The zero-order valence-electron chi connectivity index (χ0n) is 12.4. The normalized spacial score (nSPS) is 16.2. The average Bonchev–Trinajstić information content (AvgIpc) is 2.36. The summed E-state index contributed by atoms with van der Waals surface area (Å²) < 4.78 is 0. The van der Waals surface area contributed by atoms with Crippen molar-refractivity contribution < 1.29 is 4.79 Å². The maximum atomic E-state index is 12.2. The third kappa shape index (κ3) is 3.09. The van der Waals surface area contributed by atoms with Crippen LogP contribution in [0.25, 0.3) is 0 Å². The van der Waals surface area contributed by atoms with E-state index >= 15 is 0 Å². The minimum absolute atomic E-state index is 0.107. The molecule has 1 aliphatic rings. The smallest absolute Gasteiger partial charge is 0.242 e. The molecule has 1 atom stereocenters. The van der Waals surface area contributed by atoms with Gasteiger partial charge in [0.05, 0.1) is 0 Å². The van der Waals surface area contributed by atoms with E-state index in [4.69, 9.17) is 0 Å². The fraction of sp³-hybridized carbons (Fsp3) is 0.562. The van der Waals surface area contributed by atoms with Crippen LogP contribution in [-0.4, -0.2) is 24.5 Å². The predicted molar refractivity (Wildman–Crippen MR) is 79.6 cm³/mol. The lowest BCUT2D eigenvalue weighted by atomic mass is 9.98. The highest BCUT2D eigenvalue weighted by Crippen LogP contribution is 2.29. The number of rotatable bonds is 3. The van der Waals surface area contributed by atoms with Crippen LogP contribution in [0.3, 0.4) is 0 Å². The van der Waals surface area contributed by atoms with Crippen LogP contribution in [-0.2, 0) is 11.2 Å². The summed E-state index contributed by atoms with van der Waals surface area (Å²) in [6, 6.07) is 6.61. The fourth-order valence-electron chi connectivity index (χ4n) is 2.70. The minimum atomic E-state index is -0.107. The van der Waals surface area contributed by atoms with Gasteiger partial charge in [-0.3, -0.25) is 4.79 Å². The molecular weight excluding hydrogens is 236 g/mol. The number of anilines is 1. The van der Waals surface area contributed by atoms with Gasteiger partial charge in [-0.05, 0) is 52.2 Å². The molecule has 0 radical (unpaired) electrons. The molecule has 2 rings (SSSR count). The molecule has 0 aliphatic carbocycles. The molecule has 0 aromatic heterocycles. The van der Waals surface area contributed by atoms with Crippen LogP contribution < -0.4 is 10.2 Å². The molecule has 0 bridgehead atoms. The number of hydrogen-bond acceptors (Lipinski definition) is 2. The molecule has 0 saturated carbocycles. The first-order valence-electron chi connectivity index (χ1n) is 7.15. The van der Waals surface area contributed by atoms with Gasteiger partial charge in [0.25, 0.3) is 0 Å². The summed E-state index contributed by atoms with van der Waals surface area (Å²) >= 11 is 0. The zero-order valence-corrected chi connectivity index (χ0v) is 12.4. The van der Waals surface area contributed by atoms with Crippen molar-refractivity contribution in [3.8, 4) is 0 Å². The van der Waals surface area contributed by atoms with Crippen molar-refractivity contribution in [3.05, 3.63) is 29.3 Å². The van der Waals surface area contributed by atoms with E-state index in [2.05, 4.69) is 35.3 Å². The zero-order chi connectivity index (χ0) is 14.0. The summed E-state index contributed by atoms with van der Waals surface area (Å²) in [5, 5.41) is 3.00. The van der Waals surface area contributed by atoms with Crippen LogP contribution in [0.1, 0.15) is 38.3 Å². The quantitative estimate of drug-likeness (QED) is 0.906. The Balaban J connectivity index is 2.21. The molecular formula is C16H24N2O. The Morgan fingerprint density at radius 3 is 2.74 bits per heavy atom. The number of carbonyl (C=O) groups is 1. The molecule has 1 heterocycles. The number of fused-ring (bicyclic) bond motifs is 1. The van der Waals surface area contributed by atoms with Crippen LogP contribution in [0.4, 0.5) is 5.69 Å². The van der Waals surface area contributed by atoms with E-state index in [0.29, 0.717) is 0 Å². The van der Waals surface area contributed by atoms with E-state index in [0.717, 1.165) is 19.4 Å². The van der Waals surface area contributed by atoms with E-state index in [1.54, 1.807) is 0 Å². The maximum Gasteiger partial charge on any atom is 0.242 e. The standard InChI is InChI=1S/C16H24N2O/c1-11(2)17-16(19)13(4)18-9-5-6-14-10-12(3)7-8-15(14)18/h7-8,10-11,13H,5-6,9H2,1-4H3,(H,17,19)/t13-/m1/s1. The fourth-order valence-corrected chi connectivity index (χ4v) is 2.70. The molecule has 3 heteroatoms. The first-order chi connectivity index (χ1) is 8.99. The monoisotopic (exact) mass is 260 g/mol. The summed E-state index contributed by atoms with van der Waals surface area (Å²) in [4.78, 5) is 14.4. The van der Waals surface area contributed by atoms with Crippen molar-refractivity contribution in [1.82, 2.24) is 5.32 Å². The highest BCUT2D eigenvalue weighted by molar-refractivity contribution is 5.85. The molecule has 0 unspecified atom stereocenters. The average molecular weight is 260 g/mol. The third-order valence-electron chi connectivity index (χ3n) is 3.67. The molecule has 1 aromatic carbocycles. The van der Waals surface area contributed by atoms with Gasteiger partial charge in [-0.15, -0.1) is 0 Å². The van der Waals surface area contributed by atoms with Gasteiger partial charge in [-0.25, -0.2) is 0 Å². The summed E-state index contributed by atoms with van der Waals surface area (Å²) in [5.41, 5.74) is 3.89. The van der Waals surface area contributed by atoms with Crippen molar-refractivity contribution in [2.75, 3.05) is 11.4 Å². The topological polar surface area (TPSA) is 32.3 Å². The number of aryl methyl sites for hydroxylation is 2. The minimum Gasteiger partial charge on any atom is -0.360 e. The summed E-state index contributed by atoms with van der Waals surface area (Å²) in [7, 11) is 0. The second kappa shape index (κ2) is 5.64. The van der Waals surface area contributed by atoms with Crippen molar-refractivity contribution in [1.29, 1.82) is 0 Å². The molecule has 0 spiro atoms. The second-order valence-electron chi connectivity index (χ2n) is 5.77. The Kier molecular flexibility index (Phi) is 4.13. The number of benzene rings is 1. The third-order valence-corrected chi connectivity index (χ3v) is 3.67. The van der Waals surface area contributed by atoms with Gasteiger partial charge in [0.15, 0.2) is 0 Å².